The Kier molecular flexibility index (Phi) is 35.1. The van der Waals surface area contributed by atoms with Gasteiger partial charge in [0.1, 0.15) is 66.5 Å². The fourth-order valence-corrected chi connectivity index (χ4v) is 11.3. The van der Waals surface area contributed by atoms with Crippen LogP contribution in [0.25, 0.3) is 0 Å². The van der Waals surface area contributed by atoms with Gasteiger partial charge >= 0.3 is 5.97 Å². The molecule has 1 aromatic carbocycles. The molecule has 2 aliphatic rings. The highest BCUT2D eigenvalue weighted by molar-refractivity contribution is 5.99. The molecular formula is C66H111N15O13. The van der Waals surface area contributed by atoms with Gasteiger partial charge in [0.15, 0.2) is 5.96 Å². The summed E-state index contributed by atoms with van der Waals surface area (Å²) < 4.78 is 5.81. The van der Waals surface area contributed by atoms with Gasteiger partial charge in [-0.15, -0.1) is 0 Å². The maximum absolute atomic E-state index is 14.7. The first kappa shape index (κ1) is 80.3. The number of carbonyl (C=O) groups excluding carboxylic acids is 11. The number of hydrogen-bond donors (Lipinski definition) is 15. The number of cyclic esters (lactones) is 1. The lowest BCUT2D eigenvalue weighted by Crippen LogP contribution is -2.63. The highest BCUT2D eigenvalue weighted by atomic mass is 16.5. The number of ether oxygens (including phenoxy) is 1. The molecule has 1 heterocycles. The zero-order valence-electron chi connectivity index (χ0n) is 57.2. The summed E-state index contributed by atoms with van der Waals surface area (Å²) in [6.45, 7) is 17.7. The molecule has 10 amide bonds. The molecule has 1 saturated heterocycles. The summed E-state index contributed by atoms with van der Waals surface area (Å²) in [6.07, 6.45) is 5.92. The van der Waals surface area contributed by atoms with Crippen molar-refractivity contribution in [1.29, 1.82) is 5.41 Å². The molecule has 1 aliphatic heterocycles. The topological polar surface area (TPSA) is 452 Å². The van der Waals surface area contributed by atoms with Crippen LogP contribution >= 0.6 is 0 Å². The number of nitrogens with two attached hydrogens (primary N) is 3. The lowest BCUT2D eigenvalue weighted by molar-refractivity contribution is -0.157. The van der Waals surface area contributed by atoms with Crippen molar-refractivity contribution in [2.75, 3.05) is 13.2 Å². The minimum atomic E-state index is -1.78. The number of amides is 10. The summed E-state index contributed by atoms with van der Waals surface area (Å²) in [5, 5.41) is 45.6. The summed E-state index contributed by atoms with van der Waals surface area (Å²) in [5.74, 6) is -11.7. The van der Waals surface area contributed by atoms with Crippen molar-refractivity contribution in [3.63, 3.8) is 0 Å². The molecule has 0 aromatic heterocycles. The molecule has 0 unspecified atom stereocenters. The van der Waals surface area contributed by atoms with Crippen LogP contribution in [-0.4, -0.2) is 162 Å². The van der Waals surface area contributed by atoms with Crippen molar-refractivity contribution < 1.29 is 62.6 Å². The van der Waals surface area contributed by atoms with Gasteiger partial charge in [0.25, 0.3) is 0 Å². The van der Waals surface area contributed by atoms with Crippen molar-refractivity contribution in [1.82, 2.24) is 53.2 Å². The van der Waals surface area contributed by atoms with E-state index in [1.807, 2.05) is 51.1 Å². The quantitative estimate of drug-likeness (QED) is 0.0195. The van der Waals surface area contributed by atoms with E-state index in [0.29, 0.717) is 57.8 Å². The number of amidine groups is 1. The van der Waals surface area contributed by atoms with Crippen molar-refractivity contribution in [3.05, 3.63) is 35.9 Å². The van der Waals surface area contributed by atoms with Gasteiger partial charge in [-0.2, -0.15) is 0 Å². The molecule has 28 nitrogen and oxygen atoms in total. The van der Waals surface area contributed by atoms with Gasteiger partial charge in [0, 0.05) is 18.9 Å². The average molecular weight is 1320 g/mol. The summed E-state index contributed by atoms with van der Waals surface area (Å²) in [5.41, 5.74) is 17.8. The Bertz CT molecular complexity index is 2710. The SMILES string of the molecule is CC[C@H](Cc1ccccc1)C(=O)N[C@H](C(=O)N[C@@H](CCCN=C(N)N)C(=O)N[C@H](CCCCC(=N)N)C(=O)N[C@@H](C(=O)N[C@H](C(=O)N[C@@H](CO)C(=O)N[C@H]1C(=O)N[C@@H](C)C(=O)N[C@@H](C2CCCCC2)C(=O)N[C@@H]([C@@H](C)CC)C(=O)O[C@H]1C)[C@@H](C)CC)[C@H](C)CC)[C@@H](C)CC. The molecule has 1 saturated carbocycles. The van der Waals surface area contributed by atoms with Crippen molar-refractivity contribution >= 4 is 76.8 Å². The average Bonchev–Trinajstić information content (AvgIpc) is 1.65. The van der Waals surface area contributed by atoms with Gasteiger partial charge in [-0.3, -0.25) is 58.3 Å². The van der Waals surface area contributed by atoms with Gasteiger partial charge < -0.3 is 80.2 Å². The van der Waals surface area contributed by atoms with Crippen LogP contribution in [0.15, 0.2) is 35.3 Å². The first-order valence-corrected chi connectivity index (χ1v) is 33.8. The second kappa shape index (κ2) is 41.0. The Balaban J connectivity index is 1.94. The van der Waals surface area contributed by atoms with Crippen LogP contribution in [0.4, 0.5) is 0 Å². The van der Waals surface area contributed by atoms with E-state index in [0.717, 1.165) is 24.8 Å². The Labute approximate surface area is 554 Å². The van der Waals surface area contributed by atoms with Crippen LogP contribution in [0, 0.1) is 40.9 Å². The monoisotopic (exact) mass is 1320 g/mol. The molecule has 3 rings (SSSR count). The molecular weight excluding hydrogens is 1210 g/mol. The van der Waals surface area contributed by atoms with Crippen molar-refractivity contribution in [2.45, 2.75) is 252 Å². The molecule has 2 fully saturated rings. The number of nitrogens with one attached hydrogen (secondary N) is 11. The maximum Gasteiger partial charge on any atom is 0.329 e. The van der Waals surface area contributed by atoms with E-state index in [1.165, 1.54) is 13.8 Å². The predicted molar refractivity (Wildman–Crippen MR) is 356 cm³/mol. The van der Waals surface area contributed by atoms with Gasteiger partial charge in [0.2, 0.25) is 59.1 Å². The summed E-state index contributed by atoms with van der Waals surface area (Å²) in [6, 6.07) is -3.97. The lowest BCUT2D eigenvalue weighted by Gasteiger charge is -2.32. The van der Waals surface area contributed by atoms with Crippen LogP contribution in [0.5, 0.6) is 0 Å². The van der Waals surface area contributed by atoms with E-state index < -0.39 is 156 Å². The number of nitrogens with zero attached hydrogens (tertiary/aromatic N) is 1. The van der Waals surface area contributed by atoms with E-state index >= 15 is 0 Å². The third-order valence-electron chi connectivity index (χ3n) is 18.4. The van der Waals surface area contributed by atoms with Crippen LogP contribution in [0.3, 0.4) is 0 Å². The van der Waals surface area contributed by atoms with Crippen molar-refractivity contribution in [3.8, 4) is 0 Å². The summed E-state index contributed by atoms with van der Waals surface area (Å²) in [7, 11) is 0. The number of carbonyl (C=O) groups is 11. The number of aliphatic hydroxyl groups is 1. The van der Waals surface area contributed by atoms with Crippen LogP contribution in [-0.2, 0) is 63.9 Å². The number of hydrogen-bond acceptors (Lipinski definition) is 15. The molecule has 0 spiro atoms. The largest absolute Gasteiger partial charge is 0.458 e. The number of unbranched alkanes of at least 4 members (excludes halogenated alkanes) is 1. The third-order valence-corrected chi connectivity index (χ3v) is 18.4. The first-order valence-electron chi connectivity index (χ1n) is 33.8. The summed E-state index contributed by atoms with van der Waals surface area (Å²) >= 11 is 0. The maximum atomic E-state index is 14.7. The fraction of sp³-hybridized carbons (Fsp3) is 0.712. The Morgan fingerprint density at radius 3 is 1.64 bits per heavy atom. The smallest absolute Gasteiger partial charge is 0.329 e. The van der Waals surface area contributed by atoms with Crippen LogP contribution in [0.1, 0.15) is 184 Å². The van der Waals surface area contributed by atoms with E-state index in [2.05, 4.69) is 58.2 Å². The lowest BCUT2D eigenvalue weighted by atomic mass is 9.83. The van der Waals surface area contributed by atoms with Gasteiger partial charge in [-0.1, -0.05) is 144 Å². The van der Waals surface area contributed by atoms with E-state index in [-0.39, 0.29) is 68.2 Å². The zero-order valence-corrected chi connectivity index (χ0v) is 57.2. The number of esters is 1. The highest BCUT2D eigenvalue weighted by Crippen LogP contribution is 2.28. The first-order chi connectivity index (χ1) is 44.5. The Morgan fingerprint density at radius 1 is 0.606 bits per heavy atom. The standard InChI is InChI=1S/C66H111N15O13/c1-12-36(6)49(76-56(84)43(16-5)34-42-26-19-17-20-27-42)60(88)74-46(31-25-33-71-66(69)70)57(85)73-45(30-23-24-32-48(67)68)58(86)77-51(38(8)14-3)62(90)78-50(37(7)13-2)61(89)75-47(35-82)59(87)80-53-41(11)94-65(93)52(39(9)15-4)79-64(92)54(44-28-21-18-22-29-44)81-55(83)40(10)72-63(53)91/h17,19-20,26-27,36-41,43-47,49-54,82H,12-16,18,21-25,28-35H2,1-11H3,(H3,67,68)(H,72,91)(H,73,85)(H,74,88)(H,75,89)(H,76,84)(H,77,86)(H,78,90)(H,79,92)(H,80,87)(H,81,83)(H4,69,70,71)/t36-,37-,38+,39-,40-,41-,43+,45+,46-,47-,49-,50-,51+,52-,53+,54-/m0/s1. The second-order valence-corrected chi connectivity index (χ2v) is 25.6. The normalized spacial score (nSPS) is 21.6. The summed E-state index contributed by atoms with van der Waals surface area (Å²) in [4.78, 5) is 161. The zero-order chi connectivity index (χ0) is 70.4. The van der Waals surface area contributed by atoms with Gasteiger partial charge in [0.05, 0.1) is 12.4 Å². The van der Waals surface area contributed by atoms with Crippen LogP contribution < -0.4 is 70.4 Å². The number of aliphatic hydroxyl groups excluding tert-OH is 1. The number of guanidine groups is 1. The minimum absolute atomic E-state index is 0.0130. The molecule has 528 valence electrons. The molecule has 28 heteroatoms. The van der Waals surface area contributed by atoms with Crippen molar-refractivity contribution in [2.24, 2.45) is 57.7 Å². The Hall–Kier alpha value is -7.91. The molecule has 1 aliphatic carbocycles. The van der Waals surface area contributed by atoms with E-state index in [9.17, 15) is 57.8 Å². The second-order valence-electron chi connectivity index (χ2n) is 25.6. The molecule has 0 radical (unpaired) electrons. The molecule has 94 heavy (non-hydrogen) atoms. The number of benzene rings is 1. The fourth-order valence-electron chi connectivity index (χ4n) is 11.3. The minimum Gasteiger partial charge on any atom is -0.458 e. The van der Waals surface area contributed by atoms with E-state index in [1.54, 1.807) is 41.5 Å². The van der Waals surface area contributed by atoms with Crippen LogP contribution in [0.2, 0.25) is 0 Å². The number of rotatable bonds is 36. The highest BCUT2D eigenvalue weighted by Gasteiger charge is 2.42. The molecule has 16 atom stereocenters. The number of aliphatic imine (C=N–C) groups is 1. The van der Waals surface area contributed by atoms with E-state index in [4.69, 9.17) is 27.3 Å². The van der Waals surface area contributed by atoms with Gasteiger partial charge in [-0.25, -0.2) is 4.79 Å². The third kappa shape index (κ3) is 25.8. The molecule has 1 aromatic rings. The molecule has 0 bridgehead atoms. The molecule has 18 N–H and O–H groups in total. The Morgan fingerprint density at radius 2 is 1.12 bits per heavy atom. The predicted octanol–water partition coefficient (Wildman–Crippen LogP) is 1.38. The van der Waals surface area contributed by atoms with Gasteiger partial charge in [-0.05, 0) is 100 Å².